The zero-order valence-corrected chi connectivity index (χ0v) is 14.9. The molecule has 0 spiro atoms. The minimum absolute atomic E-state index is 0.123. The predicted octanol–water partition coefficient (Wildman–Crippen LogP) is 5.45. The number of halogens is 10. The Morgan fingerprint density at radius 3 is 1.52 bits per heavy atom. The fourth-order valence-electron chi connectivity index (χ4n) is 2.66. The summed E-state index contributed by atoms with van der Waals surface area (Å²) >= 11 is 0. The SMILES string of the molecule is CCC(C)c1c(F)c(F)c([B]c2cc(C(F)(F)F)cc(C(F)(F)F)c2)c(F)c1F. The van der Waals surface area contributed by atoms with Crippen LogP contribution in [0.1, 0.15) is 42.9 Å². The zero-order chi connectivity index (χ0) is 22.3. The minimum Gasteiger partial charge on any atom is -0.204 e. The van der Waals surface area contributed by atoms with Crippen molar-refractivity contribution >= 4 is 18.2 Å². The lowest BCUT2D eigenvalue weighted by Gasteiger charge is -2.17. The van der Waals surface area contributed by atoms with Crippen LogP contribution in [-0.2, 0) is 12.4 Å². The molecule has 1 atom stereocenters. The molecule has 0 heterocycles. The van der Waals surface area contributed by atoms with Crippen LogP contribution in [0, 0.1) is 23.3 Å². The molecule has 1 unspecified atom stereocenters. The highest BCUT2D eigenvalue weighted by molar-refractivity contribution is 6.67. The number of rotatable bonds is 4. The molecule has 0 amide bonds. The van der Waals surface area contributed by atoms with Gasteiger partial charge in [-0.25, -0.2) is 17.6 Å². The van der Waals surface area contributed by atoms with Crippen LogP contribution in [-0.4, -0.2) is 7.28 Å². The molecule has 0 aliphatic rings. The first-order valence-corrected chi connectivity index (χ1v) is 8.18. The third-order valence-corrected chi connectivity index (χ3v) is 4.36. The summed E-state index contributed by atoms with van der Waals surface area (Å²) in [5, 5.41) is 0. The fraction of sp³-hybridized carbons (Fsp3) is 0.333. The van der Waals surface area contributed by atoms with Gasteiger partial charge in [0.15, 0.2) is 30.5 Å². The molecule has 0 saturated carbocycles. The summed E-state index contributed by atoms with van der Waals surface area (Å²) < 4.78 is 134. The van der Waals surface area contributed by atoms with E-state index in [1.165, 1.54) is 13.8 Å². The topological polar surface area (TPSA) is 0 Å². The Labute approximate surface area is 159 Å². The van der Waals surface area contributed by atoms with Crippen LogP contribution in [0.25, 0.3) is 0 Å². The highest BCUT2D eigenvalue weighted by Crippen LogP contribution is 2.34. The summed E-state index contributed by atoms with van der Waals surface area (Å²) in [7, 11) is 0.196. The van der Waals surface area contributed by atoms with E-state index in [9.17, 15) is 43.9 Å². The number of hydrogen-bond donors (Lipinski definition) is 0. The van der Waals surface area contributed by atoms with Gasteiger partial charge in [0, 0.05) is 5.56 Å². The average Bonchev–Trinajstić information content (AvgIpc) is 2.62. The van der Waals surface area contributed by atoms with E-state index in [0.29, 0.717) is 0 Å². The Kier molecular flexibility index (Phi) is 6.30. The lowest BCUT2D eigenvalue weighted by Crippen LogP contribution is -2.36. The maximum absolute atomic E-state index is 14.3. The normalized spacial score (nSPS) is 13.5. The van der Waals surface area contributed by atoms with E-state index in [1.54, 1.807) is 0 Å². The van der Waals surface area contributed by atoms with Crippen LogP contribution in [0.3, 0.4) is 0 Å². The molecule has 0 fully saturated rings. The van der Waals surface area contributed by atoms with E-state index in [1.807, 2.05) is 0 Å². The molecule has 0 aliphatic carbocycles. The van der Waals surface area contributed by atoms with Crippen molar-refractivity contribution in [2.24, 2.45) is 0 Å². The maximum atomic E-state index is 14.3. The second kappa shape index (κ2) is 7.91. The Morgan fingerprint density at radius 1 is 0.759 bits per heavy atom. The minimum atomic E-state index is -5.20. The third-order valence-electron chi connectivity index (χ3n) is 4.36. The first kappa shape index (κ1) is 23.1. The lowest BCUT2D eigenvalue weighted by molar-refractivity contribution is -0.142. The van der Waals surface area contributed by atoms with Crippen molar-refractivity contribution in [1.29, 1.82) is 0 Å². The van der Waals surface area contributed by atoms with E-state index in [4.69, 9.17) is 0 Å². The van der Waals surface area contributed by atoms with E-state index >= 15 is 0 Å². The summed E-state index contributed by atoms with van der Waals surface area (Å²) in [4.78, 5) is 0. The van der Waals surface area contributed by atoms with Crippen molar-refractivity contribution in [2.75, 3.05) is 0 Å². The van der Waals surface area contributed by atoms with E-state index in [-0.39, 0.29) is 31.9 Å². The van der Waals surface area contributed by atoms with Gasteiger partial charge < -0.3 is 0 Å². The van der Waals surface area contributed by atoms with Gasteiger partial charge in [0.05, 0.1) is 11.1 Å². The molecule has 1 radical (unpaired) electrons. The van der Waals surface area contributed by atoms with E-state index in [0.717, 1.165) is 0 Å². The van der Waals surface area contributed by atoms with Crippen molar-refractivity contribution in [2.45, 2.75) is 38.5 Å². The summed E-state index contributed by atoms with van der Waals surface area (Å²) in [5.41, 5.74) is -6.72. The fourth-order valence-corrected chi connectivity index (χ4v) is 2.66. The van der Waals surface area contributed by atoms with Crippen LogP contribution < -0.4 is 10.9 Å². The highest BCUT2D eigenvalue weighted by atomic mass is 19.4. The van der Waals surface area contributed by atoms with Crippen LogP contribution in [0.15, 0.2) is 18.2 Å². The maximum Gasteiger partial charge on any atom is 0.416 e. The molecule has 2 aromatic rings. The molecule has 2 rings (SSSR count). The monoisotopic (exact) mass is 429 g/mol. The molecule has 2 aromatic carbocycles. The van der Waals surface area contributed by atoms with Gasteiger partial charge in [-0.2, -0.15) is 26.3 Å². The molecule has 0 aromatic heterocycles. The molecule has 29 heavy (non-hydrogen) atoms. The Morgan fingerprint density at radius 2 is 1.17 bits per heavy atom. The molecular weight excluding hydrogens is 417 g/mol. The summed E-state index contributed by atoms with van der Waals surface area (Å²) in [5.74, 6) is -8.26. The average molecular weight is 429 g/mol. The number of hydrogen-bond acceptors (Lipinski definition) is 0. The Bertz CT molecular complexity index is 853. The van der Waals surface area contributed by atoms with Gasteiger partial charge in [-0.1, -0.05) is 31.4 Å². The van der Waals surface area contributed by atoms with E-state index < -0.39 is 69.2 Å². The van der Waals surface area contributed by atoms with Crippen LogP contribution in [0.4, 0.5) is 43.9 Å². The molecule has 0 N–H and O–H groups in total. The molecule has 0 saturated heterocycles. The molecule has 11 heteroatoms. The van der Waals surface area contributed by atoms with Crippen molar-refractivity contribution in [1.82, 2.24) is 0 Å². The van der Waals surface area contributed by atoms with E-state index in [2.05, 4.69) is 0 Å². The molecule has 0 bridgehead atoms. The van der Waals surface area contributed by atoms with Gasteiger partial charge >= 0.3 is 12.4 Å². The van der Waals surface area contributed by atoms with Crippen molar-refractivity contribution in [3.05, 3.63) is 58.2 Å². The van der Waals surface area contributed by atoms with Gasteiger partial charge in [-0.05, 0) is 23.9 Å². The van der Waals surface area contributed by atoms with Gasteiger partial charge in [0.1, 0.15) is 0 Å². The smallest absolute Gasteiger partial charge is 0.204 e. The van der Waals surface area contributed by atoms with Gasteiger partial charge in [-0.3, -0.25) is 0 Å². The summed E-state index contributed by atoms with van der Waals surface area (Å²) in [6, 6.07) is 0.191. The van der Waals surface area contributed by atoms with Gasteiger partial charge in [-0.15, -0.1) is 0 Å². The number of benzene rings is 2. The van der Waals surface area contributed by atoms with Gasteiger partial charge in [0.25, 0.3) is 0 Å². The summed E-state index contributed by atoms with van der Waals surface area (Å²) in [6.45, 7) is 2.80. The molecule has 157 valence electrons. The van der Waals surface area contributed by atoms with Gasteiger partial charge in [0.2, 0.25) is 0 Å². The lowest BCUT2D eigenvalue weighted by atomic mass is 9.62. The third kappa shape index (κ3) is 4.70. The van der Waals surface area contributed by atoms with Crippen LogP contribution in [0.5, 0.6) is 0 Å². The second-order valence-electron chi connectivity index (χ2n) is 6.38. The quantitative estimate of drug-likeness (QED) is 0.345. The van der Waals surface area contributed by atoms with Crippen molar-refractivity contribution in [3.8, 4) is 0 Å². The molecule has 0 nitrogen and oxygen atoms in total. The first-order chi connectivity index (χ1) is 13.2. The largest absolute Gasteiger partial charge is 0.416 e. The van der Waals surface area contributed by atoms with Crippen LogP contribution in [0.2, 0.25) is 0 Å². The Balaban J connectivity index is 2.65. The predicted molar refractivity (Wildman–Crippen MR) is 86.4 cm³/mol. The number of alkyl halides is 6. The second-order valence-corrected chi connectivity index (χ2v) is 6.38. The molecule has 0 aliphatic heterocycles. The summed E-state index contributed by atoms with van der Waals surface area (Å²) in [6.07, 6.45) is -10.3. The van der Waals surface area contributed by atoms with Crippen LogP contribution >= 0.6 is 0 Å². The first-order valence-electron chi connectivity index (χ1n) is 8.18. The zero-order valence-electron chi connectivity index (χ0n) is 14.9. The molecular formula is C18H12BF10. The Hall–Kier alpha value is -2.20. The highest BCUT2D eigenvalue weighted by Gasteiger charge is 2.37. The van der Waals surface area contributed by atoms with Crippen molar-refractivity contribution in [3.63, 3.8) is 0 Å². The standard InChI is InChI=1S/C18H12BF10/c1-3-7(2)11-13(20)15(22)12(16(23)14(11)21)19-10-5-8(17(24,25)26)4-9(6-10)18(27,28)29/h4-7H,3H2,1-2H3. The van der Waals surface area contributed by atoms with Crippen molar-refractivity contribution < 1.29 is 43.9 Å².